The molecule has 1 aliphatic carbocycles. The first-order valence-electron chi connectivity index (χ1n) is 8.94. The van der Waals surface area contributed by atoms with Gasteiger partial charge in [0.2, 0.25) is 5.91 Å². The van der Waals surface area contributed by atoms with Crippen molar-refractivity contribution in [1.82, 2.24) is 9.80 Å². The lowest BCUT2D eigenvalue weighted by molar-refractivity contribution is -0.146. The molecule has 2 amide bonds. The third-order valence-corrected chi connectivity index (χ3v) is 6.23. The van der Waals surface area contributed by atoms with Gasteiger partial charge in [-0.05, 0) is 43.4 Å². The Labute approximate surface area is 152 Å². The predicted octanol–water partition coefficient (Wildman–Crippen LogP) is 3.20. The molecular weight excluding hydrogens is 340 g/mol. The Kier molecular flexibility index (Phi) is 3.95. The average Bonchev–Trinajstić information content (AvgIpc) is 2.81. The summed E-state index contributed by atoms with van der Waals surface area (Å²) in [6, 6.07) is 7.66. The lowest BCUT2D eigenvalue weighted by atomic mass is 9.63. The maximum atomic E-state index is 13.4. The van der Waals surface area contributed by atoms with Gasteiger partial charge in [-0.3, -0.25) is 4.79 Å². The summed E-state index contributed by atoms with van der Waals surface area (Å²) < 4.78 is 5.64. The Morgan fingerprint density at radius 3 is 2.40 bits per heavy atom. The molecule has 2 aliphatic heterocycles. The normalized spacial score (nSPS) is 28.0. The minimum Gasteiger partial charge on any atom is -0.439 e. The molecule has 1 spiro atoms. The monoisotopic (exact) mass is 362 g/mol. The molecule has 1 aromatic rings. The molecule has 2 heterocycles. The largest absolute Gasteiger partial charge is 0.439 e. The molecule has 3 aliphatic rings. The van der Waals surface area contributed by atoms with Crippen molar-refractivity contribution in [1.29, 1.82) is 0 Å². The van der Waals surface area contributed by atoms with Crippen molar-refractivity contribution >= 4 is 23.6 Å². The van der Waals surface area contributed by atoms with Crippen LogP contribution < -0.4 is 0 Å². The van der Waals surface area contributed by atoms with Gasteiger partial charge in [-0.15, -0.1) is 0 Å². The zero-order chi connectivity index (χ0) is 17.7. The lowest BCUT2D eigenvalue weighted by Gasteiger charge is -2.47. The minimum absolute atomic E-state index is 0.172. The zero-order valence-electron chi connectivity index (χ0n) is 14.5. The lowest BCUT2D eigenvalue weighted by Crippen LogP contribution is -2.58. The van der Waals surface area contributed by atoms with Crippen LogP contribution in [0.5, 0.6) is 0 Å². The van der Waals surface area contributed by atoms with Gasteiger partial charge < -0.3 is 14.5 Å². The van der Waals surface area contributed by atoms with E-state index in [2.05, 4.69) is 0 Å². The molecular formula is C19H23ClN2O3. The second-order valence-corrected chi connectivity index (χ2v) is 8.12. The van der Waals surface area contributed by atoms with Crippen LogP contribution in [0.4, 0.5) is 4.79 Å². The summed E-state index contributed by atoms with van der Waals surface area (Å²) in [5, 5.41) is 0.684. The van der Waals surface area contributed by atoms with Crippen LogP contribution in [0.2, 0.25) is 5.02 Å². The smallest absolute Gasteiger partial charge is 0.410 e. The van der Waals surface area contributed by atoms with Crippen molar-refractivity contribution in [2.75, 3.05) is 26.7 Å². The van der Waals surface area contributed by atoms with Crippen molar-refractivity contribution in [2.45, 2.75) is 43.1 Å². The number of likely N-dealkylation sites (N-methyl/N-ethyl adjacent to an activating group) is 1. The summed E-state index contributed by atoms with van der Waals surface area (Å²) in [4.78, 5) is 28.8. The fraction of sp³-hybridized carbons (Fsp3) is 0.579. The first kappa shape index (κ1) is 16.7. The quantitative estimate of drug-likeness (QED) is 0.811. The third-order valence-electron chi connectivity index (χ3n) is 5.98. The van der Waals surface area contributed by atoms with Crippen LogP contribution in [-0.4, -0.2) is 54.1 Å². The fourth-order valence-electron chi connectivity index (χ4n) is 4.50. The molecule has 0 unspecified atom stereocenters. The second kappa shape index (κ2) is 5.90. The Bertz CT molecular complexity index is 701. The fourth-order valence-corrected chi connectivity index (χ4v) is 4.63. The van der Waals surface area contributed by atoms with Gasteiger partial charge in [-0.2, -0.15) is 0 Å². The number of hydrogen-bond acceptors (Lipinski definition) is 3. The maximum Gasteiger partial charge on any atom is 0.410 e. The van der Waals surface area contributed by atoms with Gasteiger partial charge >= 0.3 is 6.09 Å². The predicted molar refractivity (Wildman–Crippen MR) is 94.6 cm³/mol. The second-order valence-electron chi connectivity index (χ2n) is 7.68. The number of benzene rings is 1. The molecule has 3 fully saturated rings. The molecule has 25 heavy (non-hydrogen) atoms. The molecule has 1 aromatic carbocycles. The van der Waals surface area contributed by atoms with Crippen molar-refractivity contribution in [3.8, 4) is 0 Å². The number of amides is 2. The summed E-state index contributed by atoms with van der Waals surface area (Å²) in [6.45, 7) is 1.79. The van der Waals surface area contributed by atoms with Crippen molar-refractivity contribution in [3.05, 3.63) is 34.9 Å². The van der Waals surface area contributed by atoms with Gasteiger partial charge in [-0.1, -0.05) is 30.2 Å². The highest BCUT2D eigenvalue weighted by atomic mass is 35.5. The number of rotatable bonds is 2. The van der Waals surface area contributed by atoms with Crippen molar-refractivity contribution in [3.63, 3.8) is 0 Å². The SMILES string of the molecule is CN1C[C@@]2(CCCN(C(=O)C3(c4ccc(Cl)cc4)CCC3)C2)OC1=O. The van der Waals surface area contributed by atoms with Crippen LogP contribution in [0.25, 0.3) is 0 Å². The molecule has 2 saturated heterocycles. The van der Waals surface area contributed by atoms with E-state index in [-0.39, 0.29) is 12.0 Å². The van der Waals surface area contributed by atoms with E-state index in [0.717, 1.165) is 44.2 Å². The number of likely N-dealkylation sites (tertiary alicyclic amines) is 1. The van der Waals surface area contributed by atoms with E-state index < -0.39 is 11.0 Å². The van der Waals surface area contributed by atoms with Crippen LogP contribution in [0.15, 0.2) is 24.3 Å². The van der Waals surface area contributed by atoms with E-state index in [1.807, 2.05) is 29.2 Å². The van der Waals surface area contributed by atoms with Crippen LogP contribution in [-0.2, 0) is 14.9 Å². The molecule has 134 valence electrons. The number of piperidine rings is 1. The molecule has 5 nitrogen and oxygen atoms in total. The van der Waals surface area contributed by atoms with E-state index in [0.29, 0.717) is 18.1 Å². The van der Waals surface area contributed by atoms with E-state index in [9.17, 15) is 9.59 Å². The van der Waals surface area contributed by atoms with Gasteiger partial charge in [0.1, 0.15) is 5.60 Å². The molecule has 1 atom stereocenters. The molecule has 6 heteroatoms. The first-order chi connectivity index (χ1) is 11.9. The van der Waals surface area contributed by atoms with Crippen LogP contribution >= 0.6 is 11.6 Å². The van der Waals surface area contributed by atoms with Gasteiger partial charge in [0.25, 0.3) is 0 Å². The highest BCUT2D eigenvalue weighted by molar-refractivity contribution is 6.30. The molecule has 1 saturated carbocycles. The van der Waals surface area contributed by atoms with Crippen LogP contribution in [0.1, 0.15) is 37.7 Å². The number of nitrogens with zero attached hydrogens (tertiary/aromatic N) is 2. The van der Waals surface area contributed by atoms with Crippen molar-refractivity contribution in [2.24, 2.45) is 0 Å². The molecule has 4 rings (SSSR count). The van der Waals surface area contributed by atoms with Gasteiger partial charge in [0.05, 0.1) is 18.5 Å². The van der Waals surface area contributed by atoms with Crippen LogP contribution in [0.3, 0.4) is 0 Å². The Morgan fingerprint density at radius 2 is 1.84 bits per heavy atom. The van der Waals surface area contributed by atoms with E-state index >= 15 is 0 Å². The maximum absolute atomic E-state index is 13.4. The van der Waals surface area contributed by atoms with E-state index in [1.165, 1.54) is 0 Å². The third kappa shape index (κ3) is 2.69. The topological polar surface area (TPSA) is 49.9 Å². The summed E-state index contributed by atoms with van der Waals surface area (Å²) in [7, 11) is 1.75. The first-order valence-corrected chi connectivity index (χ1v) is 9.32. The number of ether oxygens (including phenoxy) is 1. The molecule has 0 aromatic heterocycles. The van der Waals surface area contributed by atoms with Crippen LogP contribution in [0, 0.1) is 0 Å². The highest BCUT2D eigenvalue weighted by Gasteiger charge is 2.52. The Balaban J connectivity index is 1.57. The summed E-state index contributed by atoms with van der Waals surface area (Å²) in [6.07, 6.45) is 4.20. The summed E-state index contributed by atoms with van der Waals surface area (Å²) in [5.41, 5.74) is 0.0794. The van der Waals surface area contributed by atoms with E-state index in [4.69, 9.17) is 16.3 Å². The Hall–Kier alpha value is -1.75. The number of hydrogen-bond donors (Lipinski definition) is 0. The molecule has 0 radical (unpaired) electrons. The Morgan fingerprint density at radius 1 is 1.12 bits per heavy atom. The van der Waals surface area contributed by atoms with Gasteiger partial charge in [0, 0.05) is 18.6 Å². The number of carbonyl (C=O) groups excluding carboxylic acids is 2. The molecule has 0 bridgehead atoms. The standard InChI is InChI=1S/C19H23ClN2O3/c1-21-12-18(25-17(21)24)8-3-11-22(13-18)16(23)19(9-2-10-19)14-4-6-15(20)7-5-14/h4-7H,2-3,8-13H2,1H3/t18-/m1/s1. The van der Waals surface area contributed by atoms with Crippen molar-refractivity contribution < 1.29 is 14.3 Å². The zero-order valence-corrected chi connectivity index (χ0v) is 15.2. The van der Waals surface area contributed by atoms with Gasteiger partial charge in [-0.25, -0.2) is 4.79 Å². The minimum atomic E-state index is -0.537. The number of carbonyl (C=O) groups is 2. The number of halogens is 1. The van der Waals surface area contributed by atoms with Gasteiger partial charge in [0.15, 0.2) is 0 Å². The van der Waals surface area contributed by atoms with E-state index in [1.54, 1.807) is 11.9 Å². The molecule has 0 N–H and O–H groups in total. The highest BCUT2D eigenvalue weighted by Crippen LogP contribution is 2.46. The summed E-state index contributed by atoms with van der Waals surface area (Å²) in [5.74, 6) is 0.172. The summed E-state index contributed by atoms with van der Waals surface area (Å²) >= 11 is 6.01. The average molecular weight is 363 g/mol.